The number of aromatic nitrogens is 3. The molecular weight excluding hydrogens is 286 g/mol. The van der Waals surface area contributed by atoms with Gasteiger partial charge < -0.3 is 9.47 Å². The van der Waals surface area contributed by atoms with E-state index in [1.54, 1.807) is 0 Å². The Balaban J connectivity index is 1.66. The summed E-state index contributed by atoms with van der Waals surface area (Å²) in [5, 5.41) is 17.5. The van der Waals surface area contributed by atoms with Crippen LogP contribution in [0.25, 0.3) is 6.08 Å². The van der Waals surface area contributed by atoms with Gasteiger partial charge in [0.25, 0.3) is 0 Å². The summed E-state index contributed by atoms with van der Waals surface area (Å²) in [6.45, 7) is 4.93. The zero-order chi connectivity index (χ0) is 16.0. The average molecular weight is 303 g/mol. The van der Waals surface area contributed by atoms with Crippen molar-refractivity contribution in [3.8, 4) is 6.07 Å². The first-order chi connectivity index (χ1) is 11.2. The highest BCUT2D eigenvalue weighted by Gasteiger charge is 2.36. The van der Waals surface area contributed by atoms with Crippen LogP contribution in [-0.2, 0) is 6.54 Å². The van der Waals surface area contributed by atoms with Gasteiger partial charge in [-0.3, -0.25) is 0 Å². The zero-order valence-electron chi connectivity index (χ0n) is 13.1. The molecule has 0 bridgehead atoms. The Bertz CT molecular complexity index is 868. The Hall–Kier alpha value is -2.87. The van der Waals surface area contributed by atoms with Crippen molar-refractivity contribution in [3.63, 3.8) is 0 Å². The molecule has 1 aromatic heterocycles. The lowest BCUT2D eigenvalue weighted by Gasteiger charge is -2.32. The van der Waals surface area contributed by atoms with Crippen molar-refractivity contribution in [1.82, 2.24) is 19.7 Å². The van der Waals surface area contributed by atoms with Crippen LogP contribution in [0.5, 0.6) is 0 Å². The minimum Gasteiger partial charge on any atom is -0.362 e. The molecular formula is C18H17N5. The smallest absolute Gasteiger partial charge is 0.157 e. The lowest BCUT2D eigenvalue weighted by molar-refractivity contribution is 0.269. The van der Waals surface area contributed by atoms with Crippen molar-refractivity contribution >= 4 is 6.08 Å². The topological polar surface area (TPSA) is 57.7 Å². The minimum atomic E-state index is 0.240. The van der Waals surface area contributed by atoms with Crippen LogP contribution in [0.2, 0.25) is 0 Å². The third-order valence-corrected chi connectivity index (χ3v) is 4.62. The molecule has 23 heavy (non-hydrogen) atoms. The lowest BCUT2D eigenvalue weighted by Crippen LogP contribution is -2.35. The van der Waals surface area contributed by atoms with Gasteiger partial charge in [0, 0.05) is 12.2 Å². The normalized spacial score (nSPS) is 21.6. The van der Waals surface area contributed by atoms with Crippen molar-refractivity contribution < 1.29 is 0 Å². The number of fused-ring (bicyclic) bond motifs is 3. The maximum Gasteiger partial charge on any atom is 0.157 e. The van der Waals surface area contributed by atoms with Crippen molar-refractivity contribution in [2.75, 3.05) is 0 Å². The van der Waals surface area contributed by atoms with Gasteiger partial charge in [-0.2, -0.15) is 5.26 Å². The Kier molecular flexibility index (Phi) is 3.05. The summed E-state index contributed by atoms with van der Waals surface area (Å²) in [5.74, 6) is 1.86. The first-order valence-corrected chi connectivity index (χ1v) is 7.71. The second kappa shape index (κ2) is 5.10. The monoisotopic (exact) mass is 303 g/mol. The molecule has 0 fully saturated rings. The molecule has 4 rings (SSSR count). The predicted molar refractivity (Wildman–Crippen MR) is 87.1 cm³/mol. The molecule has 2 unspecified atom stereocenters. The number of hydrogen-bond acceptors (Lipinski definition) is 4. The van der Waals surface area contributed by atoms with Gasteiger partial charge in [-0.25, -0.2) is 0 Å². The second-order valence-corrected chi connectivity index (χ2v) is 6.06. The van der Waals surface area contributed by atoms with Gasteiger partial charge >= 0.3 is 0 Å². The number of nitrogens with zero attached hydrogens (tertiary/aromatic N) is 5. The van der Waals surface area contributed by atoms with Crippen LogP contribution < -0.4 is 0 Å². The van der Waals surface area contributed by atoms with E-state index in [9.17, 15) is 0 Å². The third-order valence-electron chi connectivity index (χ3n) is 4.62. The quantitative estimate of drug-likeness (QED) is 0.856. The van der Waals surface area contributed by atoms with Crippen LogP contribution >= 0.6 is 0 Å². The summed E-state index contributed by atoms with van der Waals surface area (Å²) < 4.78 is 2.19. The van der Waals surface area contributed by atoms with E-state index in [4.69, 9.17) is 5.26 Å². The molecule has 5 heteroatoms. The summed E-state index contributed by atoms with van der Waals surface area (Å²) in [7, 11) is 0. The van der Waals surface area contributed by atoms with Crippen LogP contribution in [0.4, 0.5) is 0 Å². The molecule has 5 nitrogen and oxygen atoms in total. The first-order valence-electron chi connectivity index (χ1n) is 7.71. The van der Waals surface area contributed by atoms with Crippen LogP contribution in [0.15, 0.2) is 42.1 Å². The molecule has 2 aromatic rings. The largest absolute Gasteiger partial charge is 0.362 e. The highest BCUT2D eigenvalue weighted by molar-refractivity contribution is 5.48. The van der Waals surface area contributed by atoms with E-state index in [2.05, 4.69) is 50.9 Å². The Morgan fingerprint density at radius 3 is 2.91 bits per heavy atom. The molecule has 0 radical (unpaired) electrons. The van der Waals surface area contributed by atoms with Gasteiger partial charge in [0.1, 0.15) is 5.82 Å². The molecule has 114 valence electrons. The second-order valence-electron chi connectivity index (χ2n) is 6.06. The summed E-state index contributed by atoms with van der Waals surface area (Å²) in [4.78, 5) is 2.38. The fourth-order valence-electron chi connectivity index (χ4n) is 3.52. The number of aryl methyl sites for hydroxylation is 1. The Morgan fingerprint density at radius 2 is 2.09 bits per heavy atom. The molecule has 0 saturated carbocycles. The molecule has 3 heterocycles. The molecule has 2 aliphatic rings. The predicted octanol–water partition coefficient (Wildman–Crippen LogP) is 2.81. The standard InChI is InChI=1S/C18H17N5/c1-12-8-17-16(6-7-18-21-20-13(2)23(17)18)22(12)11-15-5-3-4-14(9-15)10-19/h3-9,16-17H,11H2,1-2H3. The fourth-order valence-corrected chi connectivity index (χ4v) is 3.52. The van der Waals surface area contributed by atoms with Crippen LogP contribution in [0, 0.1) is 18.3 Å². The number of benzene rings is 1. The van der Waals surface area contributed by atoms with E-state index >= 15 is 0 Å². The van der Waals surface area contributed by atoms with E-state index in [0.717, 1.165) is 23.8 Å². The molecule has 2 aliphatic heterocycles. The zero-order valence-corrected chi connectivity index (χ0v) is 13.1. The van der Waals surface area contributed by atoms with Crippen molar-refractivity contribution in [2.45, 2.75) is 32.5 Å². The molecule has 0 saturated heterocycles. The number of rotatable bonds is 2. The molecule has 2 atom stereocenters. The summed E-state index contributed by atoms with van der Waals surface area (Å²) in [6.07, 6.45) is 6.53. The minimum absolute atomic E-state index is 0.240. The van der Waals surface area contributed by atoms with Crippen LogP contribution in [0.1, 0.15) is 35.7 Å². The van der Waals surface area contributed by atoms with E-state index in [-0.39, 0.29) is 12.1 Å². The fraction of sp³-hybridized carbons (Fsp3) is 0.278. The van der Waals surface area contributed by atoms with Gasteiger partial charge in [-0.05, 0) is 43.7 Å². The summed E-state index contributed by atoms with van der Waals surface area (Å²) >= 11 is 0. The molecule has 0 aliphatic carbocycles. The van der Waals surface area contributed by atoms with Gasteiger partial charge in [-0.1, -0.05) is 18.2 Å². The lowest BCUT2D eigenvalue weighted by atomic mass is 10.0. The number of hydrogen-bond donors (Lipinski definition) is 0. The van der Waals surface area contributed by atoms with Crippen molar-refractivity contribution in [2.24, 2.45) is 0 Å². The highest BCUT2D eigenvalue weighted by atomic mass is 15.3. The van der Waals surface area contributed by atoms with Crippen LogP contribution in [0.3, 0.4) is 0 Å². The molecule has 0 spiro atoms. The maximum atomic E-state index is 9.08. The Morgan fingerprint density at radius 1 is 1.22 bits per heavy atom. The first kappa shape index (κ1) is 13.8. The van der Waals surface area contributed by atoms with E-state index in [1.165, 1.54) is 5.70 Å². The van der Waals surface area contributed by atoms with E-state index < -0.39 is 0 Å². The van der Waals surface area contributed by atoms with Gasteiger partial charge in [-0.15, -0.1) is 10.2 Å². The van der Waals surface area contributed by atoms with Crippen LogP contribution in [-0.4, -0.2) is 25.7 Å². The summed E-state index contributed by atoms with van der Waals surface area (Å²) in [5.41, 5.74) is 3.10. The van der Waals surface area contributed by atoms with Gasteiger partial charge in [0.2, 0.25) is 0 Å². The van der Waals surface area contributed by atoms with Gasteiger partial charge in [0.15, 0.2) is 5.82 Å². The van der Waals surface area contributed by atoms with Crippen molar-refractivity contribution in [3.05, 3.63) is 64.9 Å². The van der Waals surface area contributed by atoms with E-state index in [0.29, 0.717) is 5.56 Å². The molecule has 0 N–H and O–H groups in total. The molecule has 0 amide bonds. The third kappa shape index (κ3) is 2.15. The highest BCUT2D eigenvalue weighted by Crippen LogP contribution is 2.37. The maximum absolute atomic E-state index is 9.08. The van der Waals surface area contributed by atoms with Crippen molar-refractivity contribution in [1.29, 1.82) is 5.26 Å². The van der Waals surface area contributed by atoms with E-state index in [1.807, 2.05) is 31.2 Å². The average Bonchev–Trinajstić information content (AvgIpc) is 3.09. The Labute approximate surface area is 135 Å². The number of nitriles is 1. The van der Waals surface area contributed by atoms with Gasteiger partial charge in [0.05, 0.1) is 23.7 Å². The molecule has 1 aromatic carbocycles. The number of allylic oxidation sites excluding steroid dienone is 1. The SMILES string of the molecule is CC1=CC2C(C=Cc3nnc(C)n32)N1Cc1cccc(C#N)c1. The summed E-state index contributed by atoms with van der Waals surface area (Å²) in [6, 6.07) is 10.5.